The van der Waals surface area contributed by atoms with Crippen molar-refractivity contribution in [2.45, 2.75) is 64.1 Å². The summed E-state index contributed by atoms with van der Waals surface area (Å²) in [4.78, 5) is 37.5. The van der Waals surface area contributed by atoms with Crippen LogP contribution in [0.3, 0.4) is 0 Å². The number of hydrogen-bond acceptors (Lipinski definition) is 6. The Bertz CT molecular complexity index is 766. The number of rotatable bonds is 4. The summed E-state index contributed by atoms with van der Waals surface area (Å²) in [7, 11) is 0. The van der Waals surface area contributed by atoms with Crippen molar-refractivity contribution in [3.05, 3.63) is 24.3 Å². The molecule has 0 aromatic heterocycles. The lowest BCUT2D eigenvalue weighted by molar-refractivity contribution is -0.133. The fourth-order valence-corrected chi connectivity index (χ4v) is 3.58. The van der Waals surface area contributed by atoms with E-state index in [0.29, 0.717) is 12.8 Å². The van der Waals surface area contributed by atoms with E-state index in [0.717, 1.165) is 37.3 Å². The van der Waals surface area contributed by atoms with Crippen molar-refractivity contribution >= 4 is 29.3 Å². The molecule has 1 atom stereocenters. The van der Waals surface area contributed by atoms with Crippen LogP contribution >= 0.6 is 0 Å². The third kappa shape index (κ3) is 6.10. The van der Waals surface area contributed by atoms with Gasteiger partial charge in [0, 0.05) is 36.9 Å². The monoisotopic (exact) mass is 402 g/mol. The highest BCUT2D eigenvalue weighted by Crippen LogP contribution is 2.24. The van der Waals surface area contributed by atoms with Crippen molar-refractivity contribution in [1.29, 1.82) is 0 Å². The Kier molecular flexibility index (Phi) is 6.30. The number of benzene rings is 1. The predicted molar refractivity (Wildman–Crippen MR) is 111 cm³/mol. The van der Waals surface area contributed by atoms with Crippen LogP contribution in [0.5, 0.6) is 0 Å². The Labute approximate surface area is 171 Å². The molecular formula is C21H30N4O4. The van der Waals surface area contributed by atoms with Gasteiger partial charge in [-0.05, 0) is 58.2 Å². The van der Waals surface area contributed by atoms with Crippen LogP contribution in [-0.2, 0) is 14.3 Å². The smallest absolute Gasteiger partial charge is 0.407 e. The normalized spacial score (nSPS) is 20.8. The molecule has 1 unspecified atom stereocenters. The second kappa shape index (κ2) is 8.71. The quantitative estimate of drug-likeness (QED) is 0.669. The summed E-state index contributed by atoms with van der Waals surface area (Å²) in [6.45, 7) is 7.20. The minimum Gasteiger partial charge on any atom is -0.444 e. The lowest BCUT2D eigenvalue weighted by Gasteiger charge is -2.34. The molecule has 0 saturated carbocycles. The van der Waals surface area contributed by atoms with Gasteiger partial charge in [0.15, 0.2) is 0 Å². The first kappa shape index (κ1) is 21.0. The van der Waals surface area contributed by atoms with E-state index in [-0.39, 0.29) is 23.9 Å². The Balaban J connectivity index is 1.52. The zero-order chi connectivity index (χ0) is 21.0. The molecule has 158 valence electrons. The summed E-state index contributed by atoms with van der Waals surface area (Å²) < 4.78 is 5.33. The van der Waals surface area contributed by atoms with Gasteiger partial charge in [-0.3, -0.25) is 14.9 Å². The van der Waals surface area contributed by atoms with Crippen LogP contribution in [0.4, 0.5) is 16.2 Å². The van der Waals surface area contributed by atoms with E-state index < -0.39 is 11.6 Å². The number of hydrogen-bond donors (Lipinski definition) is 3. The number of alkyl carbamates (subject to hydrolysis) is 1. The summed E-state index contributed by atoms with van der Waals surface area (Å²) in [5.74, 6) is -0.495. The van der Waals surface area contributed by atoms with E-state index >= 15 is 0 Å². The van der Waals surface area contributed by atoms with Gasteiger partial charge in [-0.25, -0.2) is 4.79 Å². The first-order valence-electron chi connectivity index (χ1n) is 10.1. The van der Waals surface area contributed by atoms with Gasteiger partial charge in [0.25, 0.3) is 0 Å². The zero-order valence-electron chi connectivity index (χ0n) is 17.3. The Morgan fingerprint density at radius 3 is 2.55 bits per heavy atom. The molecule has 3 amide bonds. The second-order valence-corrected chi connectivity index (χ2v) is 8.61. The van der Waals surface area contributed by atoms with Gasteiger partial charge in [-0.2, -0.15) is 0 Å². The molecule has 0 bridgehead atoms. The lowest BCUT2D eigenvalue weighted by atomic mass is 10.0. The van der Waals surface area contributed by atoms with Gasteiger partial charge in [0.2, 0.25) is 11.8 Å². The summed E-state index contributed by atoms with van der Waals surface area (Å²) in [6, 6.07) is 7.64. The number of carbonyl (C=O) groups is 3. The molecule has 3 rings (SSSR count). The molecule has 1 aromatic rings. The largest absolute Gasteiger partial charge is 0.444 e. The third-order valence-electron chi connectivity index (χ3n) is 5.01. The molecule has 0 spiro atoms. The maximum atomic E-state index is 12.0. The molecule has 3 N–H and O–H groups in total. The summed E-state index contributed by atoms with van der Waals surface area (Å²) >= 11 is 0. The Morgan fingerprint density at radius 2 is 1.90 bits per heavy atom. The van der Waals surface area contributed by atoms with Gasteiger partial charge < -0.3 is 20.3 Å². The average Bonchev–Trinajstić information content (AvgIpc) is 2.63. The van der Waals surface area contributed by atoms with Crippen LogP contribution in [0.25, 0.3) is 0 Å². The first-order chi connectivity index (χ1) is 13.7. The summed E-state index contributed by atoms with van der Waals surface area (Å²) in [5.41, 5.74) is 1.42. The molecule has 8 heteroatoms. The van der Waals surface area contributed by atoms with Crippen LogP contribution in [0, 0.1) is 0 Å². The van der Waals surface area contributed by atoms with Crippen LogP contribution < -0.4 is 20.9 Å². The van der Waals surface area contributed by atoms with Crippen LogP contribution in [0.15, 0.2) is 24.3 Å². The SMILES string of the molecule is CC(C)(C)OC(=O)NC1CCN(c2cccc(NC3CCC(=O)NC3=O)c2)CC1. The maximum Gasteiger partial charge on any atom is 0.407 e. The molecule has 0 radical (unpaired) electrons. The minimum atomic E-state index is -0.499. The first-order valence-corrected chi connectivity index (χ1v) is 10.1. The highest BCUT2D eigenvalue weighted by Gasteiger charge is 2.27. The van der Waals surface area contributed by atoms with E-state index in [1.54, 1.807) is 0 Å². The highest BCUT2D eigenvalue weighted by molar-refractivity contribution is 6.01. The third-order valence-corrected chi connectivity index (χ3v) is 5.01. The van der Waals surface area contributed by atoms with E-state index in [1.165, 1.54) is 0 Å². The van der Waals surface area contributed by atoms with Gasteiger partial charge in [-0.1, -0.05) is 6.07 Å². The number of nitrogens with zero attached hydrogens (tertiary/aromatic N) is 1. The van der Waals surface area contributed by atoms with Crippen molar-refractivity contribution in [3.8, 4) is 0 Å². The number of anilines is 2. The zero-order valence-corrected chi connectivity index (χ0v) is 17.3. The van der Waals surface area contributed by atoms with Gasteiger partial charge in [0.1, 0.15) is 11.6 Å². The van der Waals surface area contributed by atoms with Crippen LogP contribution in [0.2, 0.25) is 0 Å². The molecule has 1 aromatic carbocycles. The van der Waals surface area contributed by atoms with E-state index in [1.807, 2.05) is 45.0 Å². The molecule has 0 aliphatic carbocycles. The molecule has 29 heavy (non-hydrogen) atoms. The topological polar surface area (TPSA) is 99.8 Å². The van der Waals surface area contributed by atoms with Gasteiger partial charge >= 0.3 is 6.09 Å². The van der Waals surface area contributed by atoms with Crippen molar-refractivity contribution in [2.24, 2.45) is 0 Å². The molecular weight excluding hydrogens is 372 g/mol. The minimum absolute atomic E-state index is 0.103. The number of imide groups is 1. The fourth-order valence-electron chi connectivity index (χ4n) is 3.58. The van der Waals surface area contributed by atoms with Gasteiger partial charge in [0.05, 0.1) is 0 Å². The molecule has 2 aliphatic heterocycles. The van der Waals surface area contributed by atoms with Crippen molar-refractivity contribution in [3.63, 3.8) is 0 Å². The Morgan fingerprint density at radius 1 is 1.17 bits per heavy atom. The molecule has 2 saturated heterocycles. The number of piperidine rings is 2. The Hall–Kier alpha value is -2.77. The standard InChI is InChI=1S/C21H30N4O4/c1-21(2,3)29-20(28)23-14-9-11-25(12-10-14)16-6-4-5-15(13-16)22-17-7-8-18(26)24-19(17)27/h4-6,13-14,17,22H,7-12H2,1-3H3,(H,23,28)(H,24,26,27). The van der Waals surface area contributed by atoms with Crippen molar-refractivity contribution < 1.29 is 19.1 Å². The van der Waals surface area contributed by atoms with Gasteiger partial charge in [-0.15, -0.1) is 0 Å². The maximum absolute atomic E-state index is 12.0. The fraction of sp³-hybridized carbons (Fsp3) is 0.571. The molecule has 8 nitrogen and oxygen atoms in total. The molecule has 2 heterocycles. The number of amides is 3. The van der Waals surface area contributed by atoms with E-state index in [2.05, 4.69) is 20.9 Å². The average molecular weight is 402 g/mol. The lowest BCUT2D eigenvalue weighted by Crippen LogP contribution is -2.47. The number of nitrogens with one attached hydrogen (secondary N) is 3. The van der Waals surface area contributed by atoms with Crippen molar-refractivity contribution in [2.75, 3.05) is 23.3 Å². The van der Waals surface area contributed by atoms with E-state index in [9.17, 15) is 14.4 Å². The van der Waals surface area contributed by atoms with Crippen LogP contribution in [-0.4, -0.2) is 48.7 Å². The summed E-state index contributed by atoms with van der Waals surface area (Å²) in [6.07, 6.45) is 2.15. The van der Waals surface area contributed by atoms with Crippen molar-refractivity contribution in [1.82, 2.24) is 10.6 Å². The molecule has 2 fully saturated rings. The molecule has 2 aliphatic rings. The highest BCUT2D eigenvalue weighted by atomic mass is 16.6. The predicted octanol–water partition coefficient (Wildman–Crippen LogP) is 2.40. The number of ether oxygens (including phenoxy) is 1. The van der Waals surface area contributed by atoms with Crippen LogP contribution in [0.1, 0.15) is 46.5 Å². The van der Waals surface area contributed by atoms with E-state index in [4.69, 9.17) is 4.74 Å². The summed E-state index contributed by atoms with van der Waals surface area (Å²) in [5, 5.41) is 8.54. The second-order valence-electron chi connectivity index (χ2n) is 8.61. The number of carbonyl (C=O) groups excluding carboxylic acids is 3.